The van der Waals surface area contributed by atoms with Gasteiger partial charge < -0.3 is 10.4 Å². The Bertz CT molecular complexity index is 1100. The summed E-state index contributed by atoms with van der Waals surface area (Å²) in [5, 5.41) is 19.2. The summed E-state index contributed by atoms with van der Waals surface area (Å²) in [6, 6.07) is 0.654. The monoisotopic (exact) mass is 454 g/mol. The van der Waals surface area contributed by atoms with Crippen LogP contribution in [0.25, 0.3) is 0 Å². The number of halogens is 1. The average Bonchev–Trinajstić information content (AvgIpc) is 3.31. The van der Waals surface area contributed by atoms with Crippen molar-refractivity contribution in [2.75, 3.05) is 5.32 Å². The third kappa shape index (κ3) is 3.94. The highest BCUT2D eigenvalue weighted by Crippen LogP contribution is 2.38. The fourth-order valence-electron chi connectivity index (χ4n) is 3.94. The number of pyridine rings is 1. The number of hydrogen-bond acceptors (Lipinski definition) is 5. The summed E-state index contributed by atoms with van der Waals surface area (Å²) in [6.07, 6.45) is 5.54. The van der Waals surface area contributed by atoms with E-state index < -0.39 is 21.5 Å². The Morgan fingerprint density at radius 3 is 2.38 bits per heavy atom. The normalized spacial score (nSPS) is 17.6. The lowest BCUT2D eigenvalue weighted by Gasteiger charge is -2.15. The van der Waals surface area contributed by atoms with Gasteiger partial charge in [-0.05, 0) is 69.6 Å². The number of aryl methyl sites for hydroxylation is 2. The number of amides is 2. The molecule has 10 heteroatoms. The van der Waals surface area contributed by atoms with Gasteiger partial charge in [-0.15, -0.1) is 15.7 Å². The predicted octanol–water partition coefficient (Wildman–Crippen LogP) is 3.93. The van der Waals surface area contributed by atoms with Crippen molar-refractivity contribution in [3.05, 3.63) is 38.5 Å². The van der Waals surface area contributed by atoms with Crippen LogP contribution in [0.3, 0.4) is 0 Å². The first-order valence-electron chi connectivity index (χ1n) is 9.48. The second-order valence-electron chi connectivity index (χ2n) is 7.94. The van der Waals surface area contributed by atoms with Crippen molar-refractivity contribution in [2.24, 2.45) is 9.50 Å². The summed E-state index contributed by atoms with van der Waals surface area (Å²) < 4.78 is 16.9. The largest absolute Gasteiger partial charge is 0.385 e. The highest BCUT2D eigenvalue weighted by Gasteiger charge is 2.28. The Kier molecular flexibility index (Phi) is 5.23. The summed E-state index contributed by atoms with van der Waals surface area (Å²) in [5.41, 5.74) is 3.74. The molecular weight excluding hydrogens is 432 g/mol. The van der Waals surface area contributed by atoms with E-state index in [2.05, 4.69) is 9.68 Å². The maximum Gasteiger partial charge on any atom is 0.354 e. The highest BCUT2D eigenvalue weighted by atomic mass is 35.5. The molecule has 0 spiro atoms. The van der Waals surface area contributed by atoms with E-state index in [9.17, 15) is 14.1 Å². The molecule has 2 amide bonds. The molecule has 4 rings (SSSR count). The zero-order valence-electron chi connectivity index (χ0n) is 16.2. The van der Waals surface area contributed by atoms with Gasteiger partial charge in [-0.3, -0.25) is 4.98 Å². The standard InChI is InChI=1S/C19H23ClN4O3S2/c1-19(2,26)17-12(20)9-15(28-17)29(21,27)24-18(25)23-16-10-5-3-7-13(10)22-14-8-4-6-11(14)16/h9,26H,3-8H2,1-2H3,(H3,21,22,23,24,25,27)/t29-/m1/s1. The van der Waals surface area contributed by atoms with Crippen molar-refractivity contribution in [1.82, 2.24) is 4.98 Å². The predicted molar refractivity (Wildman–Crippen MR) is 115 cm³/mol. The van der Waals surface area contributed by atoms with Gasteiger partial charge >= 0.3 is 6.03 Å². The summed E-state index contributed by atoms with van der Waals surface area (Å²) >= 11 is 7.15. The molecule has 2 aromatic rings. The molecular formula is C19H23ClN4O3S2. The number of carbonyl (C=O) groups excluding carboxylic acids is 1. The van der Waals surface area contributed by atoms with E-state index in [1.807, 2.05) is 0 Å². The number of thiophene rings is 1. The molecule has 2 aromatic heterocycles. The molecule has 2 aliphatic rings. The number of nitrogens with two attached hydrogens (primary N) is 1. The van der Waals surface area contributed by atoms with E-state index in [4.69, 9.17) is 21.7 Å². The molecule has 29 heavy (non-hydrogen) atoms. The number of carbonyl (C=O) groups is 1. The molecule has 2 aliphatic carbocycles. The van der Waals surface area contributed by atoms with Gasteiger partial charge in [0.05, 0.1) is 21.2 Å². The Hall–Kier alpha value is -1.52. The minimum atomic E-state index is -3.50. The van der Waals surface area contributed by atoms with Gasteiger partial charge in [-0.1, -0.05) is 11.6 Å². The lowest BCUT2D eigenvalue weighted by atomic mass is 10.1. The average molecular weight is 455 g/mol. The van der Waals surface area contributed by atoms with E-state index in [0.717, 1.165) is 78.1 Å². The van der Waals surface area contributed by atoms with Gasteiger partial charge in [0.15, 0.2) is 9.92 Å². The number of aliphatic hydroxyl groups is 1. The number of nitrogens with one attached hydrogen (secondary N) is 1. The Labute approximate surface area is 179 Å². The fourth-order valence-corrected chi connectivity index (χ4v) is 6.82. The van der Waals surface area contributed by atoms with Crippen molar-refractivity contribution in [2.45, 2.75) is 62.2 Å². The summed E-state index contributed by atoms with van der Waals surface area (Å²) in [6.45, 7) is 3.14. The zero-order chi connectivity index (χ0) is 21.0. The van der Waals surface area contributed by atoms with Crippen LogP contribution >= 0.6 is 22.9 Å². The highest BCUT2D eigenvalue weighted by molar-refractivity contribution is 7.93. The quantitative estimate of drug-likeness (QED) is 0.650. The third-order valence-corrected chi connectivity index (χ3v) is 8.96. The number of anilines is 1. The van der Waals surface area contributed by atoms with E-state index in [0.29, 0.717) is 4.88 Å². The van der Waals surface area contributed by atoms with Gasteiger partial charge in [0.1, 0.15) is 4.21 Å². The SMILES string of the molecule is CC(C)(O)c1sc([S@](N)(=O)=NC(=O)Nc2c3c(nc4c2CCC4)CCC3)cc1Cl. The van der Waals surface area contributed by atoms with E-state index >= 15 is 0 Å². The summed E-state index contributed by atoms with van der Waals surface area (Å²) in [4.78, 5) is 17.8. The van der Waals surface area contributed by atoms with E-state index in [1.165, 1.54) is 6.07 Å². The van der Waals surface area contributed by atoms with Gasteiger partial charge in [-0.25, -0.2) is 14.1 Å². The van der Waals surface area contributed by atoms with Crippen LogP contribution in [-0.2, 0) is 41.2 Å². The van der Waals surface area contributed by atoms with Gasteiger partial charge in [0, 0.05) is 11.4 Å². The lowest BCUT2D eigenvalue weighted by Crippen LogP contribution is -2.18. The molecule has 0 fully saturated rings. The summed E-state index contributed by atoms with van der Waals surface area (Å²) in [5.74, 6) is 0. The van der Waals surface area contributed by atoms with Crippen LogP contribution in [0.1, 0.15) is 54.1 Å². The number of hydrogen-bond donors (Lipinski definition) is 3. The molecule has 156 valence electrons. The Morgan fingerprint density at radius 2 is 1.86 bits per heavy atom. The van der Waals surface area contributed by atoms with Crippen LogP contribution in [-0.4, -0.2) is 20.3 Å². The lowest BCUT2D eigenvalue weighted by molar-refractivity contribution is 0.0826. The molecule has 7 nitrogen and oxygen atoms in total. The number of aromatic nitrogens is 1. The zero-order valence-corrected chi connectivity index (χ0v) is 18.6. The molecule has 0 radical (unpaired) electrons. The molecule has 0 aromatic carbocycles. The van der Waals surface area contributed by atoms with Crippen LogP contribution in [0, 0.1) is 0 Å². The molecule has 1 atom stereocenters. The van der Waals surface area contributed by atoms with Crippen LogP contribution in [0.15, 0.2) is 14.6 Å². The molecule has 0 saturated heterocycles. The van der Waals surface area contributed by atoms with Crippen LogP contribution in [0.2, 0.25) is 5.02 Å². The molecule has 2 heterocycles. The molecule has 0 bridgehead atoms. The van der Waals surface area contributed by atoms with Crippen molar-refractivity contribution >= 4 is 44.6 Å². The molecule has 0 saturated carbocycles. The van der Waals surface area contributed by atoms with Crippen LogP contribution in [0.4, 0.5) is 10.5 Å². The van der Waals surface area contributed by atoms with Crippen molar-refractivity contribution < 1.29 is 14.1 Å². The molecule has 0 unspecified atom stereocenters. The Balaban J connectivity index is 1.67. The minimum absolute atomic E-state index is 0.153. The first kappa shape index (κ1) is 20.7. The Morgan fingerprint density at radius 1 is 1.28 bits per heavy atom. The minimum Gasteiger partial charge on any atom is -0.385 e. The van der Waals surface area contributed by atoms with Crippen molar-refractivity contribution in [1.29, 1.82) is 0 Å². The van der Waals surface area contributed by atoms with Crippen LogP contribution in [0.5, 0.6) is 0 Å². The van der Waals surface area contributed by atoms with Crippen molar-refractivity contribution in [3.8, 4) is 0 Å². The maximum atomic E-state index is 13.0. The van der Waals surface area contributed by atoms with Crippen molar-refractivity contribution in [3.63, 3.8) is 0 Å². The fraction of sp³-hybridized carbons (Fsp3) is 0.474. The topological polar surface area (TPSA) is 118 Å². The first-order chi connectivity index (χ1) is 13.6. The second kappa shape index (κ2) is 7.31. The molecule has 4 N–H and O–H groups in total. The number of nitrogens with zero attached hydrogens (tertiary/aromatic N) is 2. The van der Waals surface area contributed by atoms with Crippen LogP contribution < -0.4 is 10.5 Å². The summed E-state index contributed by atoms with van der Waals surface area (Å²) in [7, 11) is -3.50. The van der Waals surface area contributed by atoms with Gasteiger partial charge in [0.2, 0.25) is 0 Å². The maximum absolute atomic E-state index is 13.0. The number of urea groups is 1. The van der Waals surface area contributed by atoms with E-state index in [-0.39, 0.29) is 9.23 Å². The van der Waals surface area contributed by atoms with Gasteiger partial charge in [0.25, 0.3) is 0 Å². The van der Waals surface area contributed by atoms with E-state index in [1.54, 1.807) is 13.8 Å². The first-order valence-corrected chi connectivity index (χ1v) is 12.2. The van der Waals surface area contributed by atoms with Gasteiger partial charge in [-0.2, -0.15) is 0 Å². The third-order valence-electron chi connectivity index (χ3n) is 5.21. The number of fused-ring (bicyclic) bond motifs is 2. The number of rotatable bonds is 3. The smallest absolute Gasteiger partial charge is 0.354 e. The second-order valence-corrected chi connectivity index (χ2v) is 11.4. The molecule has 0 aliphatic heterocycles.